The number of piperidine rings is 1. The van der Waals surface area contributed by atoms with Gasteiger partial charge in [-0.05, 0) is 31.5 Å². The molecule has 2 N–H and O–H groups in total. The lowest BCUT2D eigenvalue weighted by molar-refractivity contribution is 0.0691. The average Bonchev–Trinajstić information content (AvgIpc) is 2.32. The summed E-state index contributed by atoms with van der Waals surface area (Å²) in [5.41, 5.74) is -0.408. The van der Waals surface area contributed by atoms with Crippen molar-refractivity contribution in [2.24, 2.45) is 0 Å². The Morgan fingerprint density at radius 3 is 2.65 bits per heavy atom. The quantitative estimate of drug-likeness (QED) is 0.836. The van der Waals surface area contributed by atoms with Gasteiger partial charge in [-0.3, -0.25) is 0 Å². The maximum absolute atomic E-state index is 13.7. The van der Waals surface area contributed by atoms with Gasteiger partial charge in [0.05, 0.1) is 5.56 Å². The number of carbonyl (C=O) groups is 1. The molecule has 2 rings (SSSR count). The number of halogens is 2. The van der Waals surface area contributed by atoms with Gasteiger partial charge in [-0.1, -0.05) is 6.42 Å². The van der Waals surface area contributed by atoms with Gasteiger partial charge < -0.3 is 10.4 Å². The van der Waals surface area contributed by atoms with Crippen LogP contribution in [0.4, 0.5) is 8.78 Å². The van der Waals surface area contributed by atoms with Gasteiger partial charge in [-0.2, -0.15) is 0 Å². The smallest absolute Gasteiger partial charge is 0.338 e. The Kier molecular flexibility index (Phi) is 3.38. The van der Waals surface area contributed by atoms with Gasteiger partial charge in [-0.25, -0.2) is 13.6 Å². The van der Waals surface area contributed by atoms with Gasteiger partial charge in [0, 0.05) is 11.6 Å². The Morgan fingerprint density at radius 1 is 1.29 bits per heavy atom. The molecule has 0 bridgehead atoms. The van der Waals surface area contributed by atoms with Crippen LogP contribution in [0.1, 0.15) is 41.2 Å². The molecule has 1 aromatic rings. The fourth-order valence-corrected chi connectivity index (χ4v) is 2.11. The first-order valence-corrected chi connectivity index (χ1v) is 5.55. The number of hydrogen-bond acceptors (Lipinski definition) is 2. The van der Waals surface area contributed by atoms with Crippen molar-refractivity contribution in [1.82, 2.24) is 5.32 Å². The summed E-state index contributed by atoms with van der Waals surface area (Å²) in [6.45, 7) is 0.770. The van der Waals surface area contributed by atoms with Crippen molar-refractivity contribution in [3.8, 4) is 0 Å². The minimum Gasteiger partial charge on any atom is -0.478 e. The number of nitrogens with one attached hydrogen (secondary N) is 1. The van der Waals surface area contributed by atoms with E-state index in [4.69, 9.17) is 5.11 Å². The molecule has 0 spiro atoms. The second-order valence-electron chi connectivity index (χ2n) is 4.16. The first-order valence-electron chi connectivity index (χ1n) is 5.55. The molecule has 1 heterocycles. The highest BCUT2D eigenvalue weighted by Gasteiger charge is 2.22. The summed E-state index contributed by atoms with van der Waals surface area (Å²) < 4.78 is 27.2. The highest BCUT2D eigenvalue weighted by molar-refractivity contribution is 5.88. The largest absolute Gasteiger partial charge is 0.478 e. The van der Waals surface area contributed by atoms with Crippen molar-refractivity contribution < 1.29 is 18.7 Å². The molecular weight excluding hydrogens is 228 g/mol. The topological polar surface area (TPSA) is 49.3 Å². The summed E-state index contributed by atoms with van der Waals surface area (Å²) in [4.78, 5) is 10.6. The van der Waals surface area contributed by atoms with E-state index in [0.29, 0.717) is 0 Å². The van der Waals surface area contributed by atoms with Gasteiger partial charge in [0.15, 0.2) is 0 Å². The maximum Gasteiger partial charge on any atom is 0.338 e. The fourth-order valence-electron chi connectivity index (χ4n) is 2.11. The van der Waals surface area contributed by atoms with E-state index >= 15 is 0 Å². The van der Waals surface area contributed by atoms with Crippen molar-refractivity contribution >= 4 is 5.97 Å². The van der Waals surface area contributed by atoms with E-state index in [1.807, 2.05) is 0 Å². The predicted octanol–water partition coefficient (Wildman–Crippen LogP) is 2.48. The molecule has 0 amide bonds. The second kappa shape index (κ2) is 4.79. The van der Waals surface area contributed by atoms with Crippen LogP contribution >= 0.6 is 0 Å². The first-order chi connectivity index (χ1) is 8.09. The third-order valence-corrected chi connectivity index (χ3v) is 3.00. The highest BCUT2D eigenvalue weighted by Crippen LogP contribution is 2.27. The van der Waals surface area contributed by atoms with Crippen LogP contribution in [0.2, 0.25) is 0 Å². The van der Waals surface area contributed by atoms with Crippen molar-refractivity contribution in [3.05, 3.63) is 34.9 Å². The Labute approximate surface area is 97.5 Å². The molecule has 5 heteroatoms. The van der Waals surface area contributed by atoms with Crippen LogP contribution < -0.4 is 5.32 Å². The number of aromatic carboxylic acids is 1. The molecule has 3 nitrogen and oxygen atoms in total. The Bertz CT molecular complexity index is 442. The van der Waals surface area contributed by atoms with E-state index in [0.717, 1.165) is 37.9 Å². The molecule has 1 saturated heterocycles. The van der Waals surface area contributed by atoms with Gasteiger partial charge in [-0.15, -0.1) is 0 Å². The molecule has 1 aliphatic heterocycles. The molecule has 0 radical (unpaired) electrons. The van der Waals surface area contributed by atoms with E-state index in [2.05, 4.69) is 5.32 Å². The molecular formula is C12H13F2NO2. The Hall–Kier alpha value is -1.49. The molecule has 1 fully saturated rings. The van der Waals surface area contributed by atoms with E-state index in [9.17, 15) is 13.6 Å². The summed E-state index contributed by atoms with van der Waals surface area (Å²) in [6, 6.07) is 1.52. The maximum atomic E-state index is 13.7. The van der Waals surface area contributed by atoms with Crippen molar-refractivity contribution in [3.63, 3.8) is 0 Å². The monoisotopic (exact) mass is 241 g/mol. The Balaban J connectivity index is 2.35. The molecule has 1 aromatic carbocycles. The van der Waals surface area contributed by atoms with Crippen molar-refractivity contribution in [1.29, 1.82) is 0 Å². The second-order valence-corrected chi connectivity index (χ2v) is 4.16. The normalized spacial score (nSPS) is 20.2. The lowest BCUT2D eigenvalue weighted by Crippen LogP contribution is -2.27. The summed E-state index contributed by atoms with van der Waals surface area (Å²) in [5.74, 6) is -3.01. The van der Waals surface area contributed by atoms with Gasteiger partial charge in [0.2, 0.25) is 0 Å². The SMILES string of the molecule is O=C(O)c1cc(F)c(C2CCCCN2)cc1F. The summed E-state index contributed by atoms with van der Waals surface area (Å²) in [6.07, 6.45) is 2.72. The standard InChI is InChI=1S/C12H13F2NO2/c13-9-6-8(12(16)17)10(14)5-7(9)11-3-1-2-4-15-11/h5-6,11,15H,1-4H2,(H,16,17). The number of carboxylic acid groups (broad SMARTS) is 1. The van der Waals surface area contributed by atoms with Crippen molar-refractivity contribution in [2.45, 2.75) is 25.3 Å². The van der Waals surface area contributed by atoms with E-state index < -0.39 is 23.2 Å². The molecule has 0 aliphatic carbocycles. The molecule has 1 unspecified atom stereocenters. The third-order valence-electron chi connectivity index (χ3n) is 3.00. The number of hydrogen-bond donors (Lipinski definition) is 2. The molecule has 92 valence electrons. The highest BCUT2D eigenvalue weighted by atomic mass is 19.1. The minimum absolute atomic E-state index is 0.215. The molecule has 0 saturated carbocycles. The molecule has 0 aromatic heterocycles. The summed E-state index contributed by atoms with van der Waals surface area (Å²) in [7, 11) is 0. The third kappa shape index (κ3) is 2.44. The Morgan fingerprint density at radius 2 is 2.06 bits per heavy atom. The fraction of sp³-hybridized carbons (Fsp3) is 0.417. The first kappa shape index (κ1) is 12.0. The van der Waals surface area contributed by atoms with Crippen molar-refractivity contribution in [2.75, 3.05) is 6.54 Å². The van der Waals surface area contributed by atoms with Crippen LogP contribution in [0.5, 0.6) is 0 Å². The van der Waals surface area contributed by atoms with Crippen LogP contribution in [-0.4, -0.2) is 17.6 Å². The number of benzene rings is 1. The van der Waals surface area contributed by atoms with E-state index in [1.165, 1.54) is 0 Å². The zero-order chi connectivity index (χ0) is 12.4. The van der Waals surface area contributed by atoms with Crippen LogP contribution in [0.15, 0.2) is 12.1 Å². The minimum atomic E-state index is -1.45. The zero-order valence-corrected chi connectivity index (χ0v) is 9.17. The van der Waals surface area contributed by atoms with E-state index in [1.54, 1.807) is 0 Å². The predicted molar refractivity (Wildman–Crippen MR) is 57.9 cm³/mol. The summed E-state index contributed by atoms with van der Waals surface area (Å²) in [5, 5.41) is 11.8. The molecule has 1 aliphatic rings. The summed E-state index contributed by atoms with van der Waals surface area (Å²) >= 11 is 0. The van der Waals surface area contributed by atoms with Crippen LogP contribution in [0.3, 0.4) is 0 Å². The van der Waals surface area contributed by atoms with Gasteiger partial charge >= 0.3 is 5.97 Å². The molecule has 17 heavy (non-hydrogen) atoms. The number of carboxylic acids is 1. The van der Waals surface area contributed by atoms with Gasteiger partial charge in [0.25, 0.3) is 0 Å². The van der Waals surface area contributed by atoms with Crippen LogP contribution in [0.25, 0.3) is 0 Å². The lowest BCUT2D eigenvalue weighted by Gasteiger charge is -2.24. The lowest BCUT2D eigenvalue weighted by atomic mass is 9.96. The number of rotatable bonds is 2. The van der Waals surface area contributed by atoms with Gasteiger partial charge in [0.1, 0.15) is 11.6 Å². The van der Waals surface area contributed by atoms with Crippen LogP contribution in [0, 0.1) is 11.6 Å². The van der Waals surface area contributed by atoms with E-state index in [-0.39, 0.29) is 11.6 Å². The zero-order valence-electron chi connectivity index (χ0n) is 9.17. The average molecular weight is 241 g/mol. The van der Waals surface area contributed by atoms with Crippen LogP contribution in [-0.2, 0) is 0 Å². The molecule has 1 atom stereocenters.